The van der Waals surface area contributed by atoms with E-state index >= 15 is 0 Å². The van der Waals surface area contributed by atoms with Gasteiger partial charge in [-0.05, 0) is 17.9 Å². The van der Waals surface area contributed by atoms with Gasteiger partial charge in [0.15, 0.2) is 0 Å². The lowest BCUT2D eigenvalue weighted by molar-refractivity contribution is 0.565. The van der Waals surface area contributed by atoms with Gasteiger partial charge in [0, 0.05) is 0 Å². The molecule has 1 heterocycles. The summed E-state index contributed by atoms with van der Waals surface area (Å²) in [6.45, 7) is 1.91. The lowest BCUT2D eigenvalue weighted by atomic mass is 10.2. The summed E-state index contributed by atoms with van der Waals surface area (Å²) in [5.41, 5.74) is 0. The van der Waals surface area contributed by atoms with Crippen molar-refractivity contribution in [2.45, 2.75) is 30.0 Å². The van der Waals surface area contributed by atoms with Crippen LogP contribution in [0.2, 0.25) is 0 Å². The zero-order valence-corrected chi connectivity index (χ0v) is 9.94. The molecule has 4 nitrogen and oxygen atoms in total. The second kappa shape index (κ2) is 5.26. The average molecular weight is 244 g/mol. The van der Waals surface area contributed by atoms with E-state index in [1.54, 1.807) is 11.4 Å². The molecule has 0 spiro atoms. The minimum atomic E-state index is -3.50. The largest absolute Gasteiger partial charge is 0.251 e. The highest BCUT2D eigenvalue weighted by atomic mass is 32.2. The number of nitrogens with one attached hydrogen (secondary N) is 1. The molecule has 6 heteroatoms. The van der Waals surface area contributed by atoms with E-state index in [0.29, 0.717) is 6.42 Å². The van der Waals surface area contributed by atoms with Gasteiger partial charge in [-0.2, -0.15) is 9.98 Å². The van der Waals surface area contributed by atoms with E-state index in [9.17, 15) is 8.42 Å². The number of nitrogens with zero attached hydrogens (tertiary/aromatic N) is 1. The smallest absolute Gasteiger partial charge is 0.206 e. The van der Waals surface area contributed by atoms with Crippen LogP contribution in [0, 0.1) is 11.3 Å². The van der Waals surface area contributed by atoms with Gasteiger partial charge in [0.25, 0.3) is 10.0 Å². The molecule has 1 atom stereocenters. The fourth-order valence-corrected chi connectivity index (χ4v) is 3.29. The van der Waals surface area contributed by atoms with Crippen LogP contribution in [0.4, 0.5) is 0 Å². The Morgan fingerprint density at radius 2 is 2.40 bits per heavy atom. The SMILES string of the molecule is CCCC(C#N)NS(=O)(=O)c1cccs1. The Morgan fingerprint density at radius 1 is 1.67 bits per heavy atom. The third-order valence-corrected chi connectivity index (χ3v) is 4.66. The second-order valence-electron chi connectivity index (χ2n) is 3.02. The van der Waals surface area contributed by atoms with Crippen molar-refractivity contribution in [1.82, 2.24) is 4.72 Å². The van der Waals surface area contributed by atoms with Gasteiger partial charge in [0.05, 0.1) is 6.07 Å². The number of nitriles is 1. The first-order valence-electron chi connectivity index (χ1n) is 4.55. The van der Waals surface area contributed by atoms with E-state index < -0.39 is 16.1 Å². The molecule has 0 saturated heterocycles. The predicted octanol–water partition coefficient (Wildman–Crippen LogP) is 1.72. The van der Waals surface area contributed by atoms with E-state index in [-0.39, 0.29) is 4.21 Å². The summed E-state index contributed by atoms with van der Waals surface area (Å²) in [5.74, 6) is 0. The minimum absolute atomic E-state index is 0.249. The predicted molar refractivity (Wildman–Crippen MR) is 58.9 cm³/mol. The normalized spacial score (nSPS) is 13.3. The van der Waals surface area contributed by atoms with Crippen LogP contribution in [0.25, 0.3) is 0 Å². The summed E-state index contributed by atoms with van der Waals surface area (Å²) < 4.78 is 26.0. The highest BCUT2D eigenvalue weighted by Crippen LogP contribution is 2.16. The maximum absolute atomic E-state index is 11.7. The number of hydrogen-bond acceptors (Lipinski definition) is 4. The maximum atomic E-state index is 11.7. The quantitative estimate of drug-likeness (QED) is 0.857. The van der Waals surface area contributed by atoms with Crippen molar-refractivity contribution in [3.63, 3.8) is 0 Å². The molecule has 15 heavy (non-hydrogen) atoms. The molecule has 0 fully saturated rings. The third-order valence-electron chi connectivity index (χ3n) is 1.79. The zero-order chi connectivity index (χ0) is 11.3. The monoisotopic (exact) mass is 244 g/mol. The van der Waals surface area contributed by atoms with Crippen molar-refractivity contribution in [1.29, 1.82) is 5.26 Å². The first-order chi connectivity index (χ1) is 7.10. The highest BCUT2D eigenvalue weighted by molar-refractivity contribution is 7.91. The summed E-state index contributed by atoms with van der Waals surface area (Å²) in [4.78, 5) is 0. The Balaban J connectivity index is 2.77. The molecule has 0 saturated carbocycles. The van der Waals surface area contributed by atoms with E-state index in [1.807, 2.05) is 13.0 Å². The standard InChI is InChI=1S/C9H12N2O2S2/c1-2-4-8(7-10)11-15(12,13)9-5-3-6-14-9/h3,5-6,8,11H,2,4H2,1H3. The maximum Gasteiger partial charge on any atom is 0.251 e. The van der Waals surface area contributed by atoms with Gasteiger partial charge in [0.2, 0.25) is 0 Å². The van der Waals surface area contributed by atoms with Crippen molar-refractivity contribution >= 4 is 21.4 Å². The molecule has 0 aliphatic carbocycles. The molecule has 1 rings (SSSR count). The Bertz CT molecular complexity index is 431. The first kappa shape index (κ1) is 12.2. The number of rotatable bonds is 5. The summed E-state index contributed by atoms with van der Waals surface area (Å²) >= 11 is 1.14. The first-order valence-corrected chi connectivity index (χ1v) is 6.92. The van der Waals surface area contributed by atoms with Crippen LogP contribution in [-0.4, -0.2) is 14.5 Å². The molecular formula is C9H12N2O2S2. The number of sulfonamides is 1. The molecule has 82 valence electrons. The van der Waals surface area contributed by atoms with E-state index in [2.05, 4.69) is 4.72 Å². The van der Waals surface area contributed by atoms with Crippen molar-refractivity contribution < 1.29 is 8.42 Å². The Morgan fingerprint density at radius 3 is 2.87 bits per heavy atom. The molecule has 0 amide bonds. The average Bonchev–Trinajstić information content (AvgIpc) is 2.70. The van der Waals surface area contributed by atoms with Crippen LogP contribution in [0.1, 0.15) is 19.8 Å². The van der Waals surface area contributed by atoms with Crippen LogP contribution in [0.3, 0.4) is 0 Å². The van der Waals surface area contributed by atoms with Crippen molar-refractivity contribution in [3.8, 4) is 6.07 Å². The van der Waals surface area contributed by atoms with Gasteiger partial charge < -0.3 is 0 Å². The number of hydrogen-bond donors (Lipinski definition) is 1. The van der Waals surface area contributed by atoms with Crippen LogP contribution in [-0.2, 0) is 10.0 Å². The van der Waals surface area contributed by atoms with E-state index in [1.165, 1.54) is 6.07 Å². The van der Waals surface area contributed by atoms with Crippen LogP contribution in [0.15, 0.2) is 21.7 Å². The van der Waals surface area contributed by atoms with Gasteiger partial charge in [-0.3, -0.25) is 0 Å². The Hall–Kier alpha value is -0.900. The molecule has 1 unspecified atom stereocenters. The van der Waals surface area contributed by atoms with Crippen LogP contribution < -0.4 is 4.72 Å². The summed E-state index contributed by atoms with van der Waals surface area (Å²) in [5, 5.41) is 10.4. The summed E-state index contributed by atoms with van der Waals surface area (Å²) in [6, 6.07) is 4.49. The topological polar surface area (TPSA) is 70.0 Å². The molecule has 0 aliphatic rings. The van der Waals surface area contributed by atoms with Gasteiger partial charge in [0.1, 0.15) is 10.3 Å². The molecule has 1 N–H and O–H groups in total. The fraction of sp³-hybridized carbons (Fsp3) is 0.444. The fourth-order valence-electron chi connectivity index (χ4n) is 1.10. The van der Waals surface area contributed by atoms with Crippen molar-refractivity contribution in [2.24, 2.45) is 0 Å². The van der Waals surface area contributed by atoms with Crippen LogP contribution >= 0.6 is 11.3 Å². The molecule has 1 aromatic rings. The number of thiophene rings is 1. The molecule has 1 aromatic heterocycles. The summed E-state index contributed by atoms with van der Waals surface area (Å²) in [7, 11) is -3.50. The van der Waals surface area contributed by atoms with Crippen molar-refractivity contribution in [3.05, 3.63) is 17.5 Å². The van der Waals surface area contributed by atoms with Gasteiger partial charge >= 0.3 is 0 Å². The highest BCUT2D eigenvalue weighted by Gasteiger charge is 2.19. The minimum Gasteiger partial charge on any atom is -0.206 e. The van der Waals surface area contributed by atoms with Gasteiger partial charge in [-0.15, -0.1) is 11.3 Å². The van der Waals surface area contributed by atoms with E-state index in [0.717, 1.165) is 17.8 Å². The molecule has 0 radical (unpaired) electrons. The lowest BCUT2D eigenvalue weighted by Crippen LogP contribution is -2.33. The third kappa shape index (κ3) is 3.30. The van der Waals surface area contributed by atoms with Crippen LogP contribution in [0.5, 0.6) is 0 Å². The van der Waals surface area contributed by atoms with Gasteiger partial charge in [-0.1, -0.05) is 19.4 Å². The Kier molecular flexibility index (Phi) is 4.27. The molecule has 0 aliphatic heterocycles. The van der Waals surface area contributed by atoms with Gasteiger partial charge in [-0.25, -0.2) is 8.42 Å². The summed E-state index contributed by atoms with van der Waals surface area (Å²) in [6.07, 6.45) is 1.30. The molecule has 0 aromatic carbocycles. The Labute approximate surface area is 93.6 Å². The molecular weight excluding hydrogens is 232 g/mol. The second-order valence-corrected chi connectivity index (χ2v) is 5.91. The lowest BCUT2D eigenvalue weighted by Gasteiger charge is -2.09. The molecule has 0 bridgehead atoms. The van der Waals surface area contributed by atoms with E-state index in [4.69, 9.17) is 5.26 Å². The zero-order valence-electron chi connectivity index (χ0n) is 8.30. The van der Waals surface area contributed by atoms with Crippen molar-refractivity contribution in [2.75, 3.05) is 0 Å².